The van der Waals surface area contributed by atoms with Gasteiger partial charge in [0.25, 0.3) is 5.95 Å². The minimum atomic E-state index is -1.62. The molecule has 0 N–H and O–H groups in total. The number of hydrogen-bond donors (Lipinski definition) is 0. The molecule has 2 nitrogen and oxygen atoms in total. The van der Waals surface area contributed by atoms with Gasteiger partial charge < -0.3 is 9.16 Å². The Labute approximate surface area is 108 Å². The Morgan fingerprint density at radius 3 is 2.59 bits per heavy atom. The van der Waals surface area contributed by atoms with Crippen molar-refractivity contribution >= 4 is 25.2 Å². The first-order chi connectivity index (χ1) is 7.77. The molecule has 0 unspecified atom stereocenters. The molecule has 1 aliphatic rings. The molecule has 2 heterocycles. The van der Waals surface area contributed by atoms with Crippen LogP contribution in [0.3, 0.4) is 0 Å². The highest BCUT2D eigenvalue weighted by atomic mass is 32.1. The van der Waals surface area contributed by atoms with Gasteiger partial charge in [-0.25, -0.2) is 0 Å². The van der Waals surface area contributed by atoms with Crippen LogP contribution in [0.4, 0.5) is 0 Å². The Hall–Kier alpha value is -0.743. The van der Waals surface area contributed by atoms with Crippen LogP contribution in [-0.2, 0) is 9.16 Å². The van der Waals surface area contributed by atoms with E-state index in [1.54, 1.807) is 11.3 Å². The van der Waals surface area contributed by atoms with E-state index in [-0.39, 0.29) is 5.60 Å². The third-order valence-electron chi connectivity index (χ3n) is 2.44. The van der Waals surface area contributed by atoms with Crippen molar-refractivity contribution in [3.8, 4) is 0 Å². The van der Waals surface area contributed by atoms with E-state index in [0.717, 1.165) is 12.4 Å². The Morgan fingerprint density at radius 1 is 1.35 bits per heavy atom. The van der Waals surface area contributed by atoms with Crippen LogP contribution in [-0.4, -0.2) is 13.9 Å². The Balaban J connectivity index is 2.32. The van der Waals surface area contributed by atoms with E-state index in [4.69, 9.17) is 9.16 Å². The maximum Gasteiger partial charge on any atom is 0.270 e. The molecule has 1 aromatic heterocycles. The minimum absolute atomic E-state index is 0.145. The van der Waals surface area contributed by atoms with Gasteiger partial charge in [-0.3, -0.25) is 0 Å². The molecule has 1 aliphatic heterocycles. The summed E-state index contributed by atoms with van der Waals surface area (Å²) < 4.78 is 12.0. The first kappa shape index (κ1) is 12.7. The lowest BCUT2D eigenvalue weighted by atomic mass is 10.0. The van der Waals surface area contributed by atoms with Crippen molar-refractivity contribution in [3.63, 3.8) is 0 Å². The molecule has 0 amide bonds. The zero-order valence-electron chi connectivity index (χ0n) is 11.2. The van der Waals surface area contributed by atoms with Gasteiger partial charge in [-0.1, -0.05) is 6.07 Å². The number of hydrogen-bond acceptors (Lipinski definition) is 3. The van der Waals surface area contributed by atoms with Crippen molar-refractivity contribution in [2.45, 2.75) is 45.5 Å². The third-order valence-corrected chi connectivity index (χ3v) is 4.16. The van der Waals surface area contributed by atoms with Crippen molar-refractivity contribution in [2.24, 2.45) is 0 Å². The van der Waals surface area contributed by atoms with Crippen molar-refractivity contribution < 1.29 is 9.16 Å². The van der Waals surface area contributed by atoms with E-state index >= 15 is 0 Å². The molecular weight excluding hydrogens is 248 g/mol. The predicted octanol–water partition coefficient (Wildman–Crippen LogP) is 4.47. The van der Waals surface area contributed by atoms with Gasteiger partial charge >= 0.3 is 0 Å². The summed E-state index contributed by atoms with van der Waals surface area (Å²) in [7, 11) is -1.62. The summed E-state index contributed by atoms with van der Waals surface area (Å²) in [6.45, 7) is 10.8. The first-order valence-corrected chi connectivity index (χ1v) is 10.2. The summed E-state index contributed by atoms with van der Waals surface area (Å²) in [6.07, 6.45) is 0.924. The summed E-state index contributed by atoms with van der Waals surface area (Å²) >= 11 is 1.75. The SMILES string of the molecule is CC1(C)CC(c2cccs2)=C(O[Si](C)(C)C)O1. The molecule has 1 aromatic rings. The average Bonchev–Trinajstić information content (AvgIpc) is 2.69. The van der Waals surface area contributed by atoms with Crippen LogP contribution >= 0.6 is 11.3 Å². The fourth-order valence-corrected chi connectivity index (χ4v) is 3.32. The second-order valence-corrected chi connectivity index (χ2v) is 11.4. The Bertz CT molecular complexity index is 427. The van der Waals surface area contributed by atoms with E-state index in [1.165, 1.54) is 10.5 Å². The fourth-order valence-electron chi connectivity index (χ4n) is 1.85. The van der Waals surface area contributed by atoms with Gasteiger partial charge in [-0.2, -0.15) is 0 Å². The molecule has 0 spiro atoms. The monoisotopic (exact) mass is 268 g/mol. The number of ether oxygens (including phenoxy) is 1. The van der Waals surface area contributed by atoms with E-state index in [2.05, 4.69) is 51.0 Å². The second-order valence-electron chi connectivity index (χ2n) is 6.00. The molecule has 0 aliphatic carbocycles. The van der Waals surface area contributed by atoms with E-state index < -0.39 is 8.32 Å². The molecule has 94 valence electrons. The Kier molecular flexibility index (Phi) is 3.12. The molecule has 0 bridgehead atoms. The lowest BCUT2D eigenvalue weighted by Gasteiger charge is -2.24. The average molecular weight is 268 g/mol. The molecule has 17 heavy (non-hydrogen) atoms. The molecule has 0 aromatic carbocycles. The molecule has 2 rings (SSSR count). The highest BCUT2D eigenvalue weighted by molar-refractivity contribution is 7.11. The van der Waals surface area contributed by atoms with Gasteiger partial charge in [0.2, 0.25) is 8.32 Å². The summed E-state index contributed by atoms with van der Waals surface area (Å²) in [5, 5.41) is 2.10. The summed E-state index contributed by atoms with van der Waals surface area (Å²) in [6, 6.07) is 4.21. The van der Waals surface area contributed by atoms with Gasteiger partial charge in [-0.15, -0.1) is 11.3 Å². The van der Waals surface area contributed by atoms with E-state index in [9.17, 15) is 0 Å². The number of thiophene rings is 1. The lowest BCUT2D eigenvalue weighted by Crippen LogP contribution is -2.27. The van der Waals surface area contributed by atoms with Gasteiger partial charge in [0, 0.05) is 11.3 Å². The van der Waals surface area contributed by atoms with E-state index in [0.29, 0.717) is 0 Å². The Morgan fingerprint density at radius 2 is 2.06 bits per heavy atom. The standard InChI is InChI=1S/C13H20O2SSi/c1-13(2)9-10(11-7-6-8-16-11)12(14-13)15-17(3,4)5/h6-8H,9H2,1-5H3. The summed E-state index contributed by atoms with van der Waals surface area (Å²) in [5.41, 5.74) is 1.08. The van der Waals surface area contributed by atoms with Crippen molar-refractivity contribution in [2.75, 3.05) is 0 Å². The smallest absolute Gasteiger partial charge is 0.270 e. The molecule has 0 saturated heterocycles. The van der Waals surface area contributed by atoms with Crippen LogP contribution in [0.5, 0.6) is 0 Å². The zero-order valence-corrected chi connectivity index (χ0v) is 13.0. The molecule has 0 fully saturated rings. The molecule has 0 radical (unpaired) electrons. The van der Waals surface area contributed by atoms with Crippen molar-refractivity contribution in [1.29, 1.82) is 0 Å². The zero-order chi connectivity index (χ0) is 12.7. The highest BCUT2D eigenvalue weighted by Crippen LogP contribution is 2.41. The quantitative estimate of drug-likeness (QED) is 0.753. The molecule has 4 heteroatoms. The van der Waals surface area contributed by atoms with Gasteiger partial charge in [0.05, 0.1) is 5.57 Å². The van der Waals surface area contributed by atoms with Gasteiger partial charge in [0.1, 0.15) is 5.60 Å². The van der Waals surface area contributed by atoms with Crippen molar-refractivity contribution in [3.05, 3.63) is 28.3 Å². The predicted molar refractivity (Wildman–Crippen MR) is 75.5 cm³/mol. The summed E-state index contributed by atoms with van der Waals surface area (Å²) in [5.74, 6) is 0.761. The van der Waals surface area contributed by atoms with Gasteiger partial charge in [-0.05, 0) is 44.9 Å². The maximum absolute atomic E-state index is 6.07. The minimum Gasteiger partial charge on any atom is -0.519 e. The number of rotatable bonds is 3. The largest absolute Gasteiger partial charge is 0.519 e. The van der Waals surface area contributed by atoms with Crippen LogP contribution in [0, 0.1) is 0 Å². The molecule has 0 atom stereocenters. The van der Waals surface area contributed by atoms with Gasteiger partial charge in [0.15, 0.2) is 0 Å². The van der Waals surface area contributed by atoms with Crippen LogP contribution in [0.2, 0.25) is 19.6 Å². The second kappa shape index (κ2) is 4.17. The van der Waals surface area contributed by atoms with Crippen LogP contribution < -0.4 is 0 Å². The molecular formula is C13H20O2SSi. The lowest BCUT2D eigenvalue weighted by molar-refractivity contribution is 0.00576. The topological polar surface area (TPSA) is 18.5 Å². The maximum atomic E-state index is 6.07. The van der Waals surface area contributed by atoms with E-state index in [1.807, 2.05) is 0 Å². The van der Waals surface area contributed by atoms with Crippen LogP contribution in [0.1, 0.15) is 25.1 Å². The fraction of sp³-hybridized carbons (Fsp3) is 0.538. The molecule has 0 saturated carbocycles. The highest BCUT2D eigenvalue weighted by Gasteiger charge is 2.36. The summed E-state index contributed by atoms with van der Waals surface area (Å²) in [4.78, 5) is 1.27. The third kappa shape index (κ3) is 3.13. The normalized spacial score (nSPS) is 19.4. The van der Waals surface area contributed by atoms with Crippen LogP contribution in [0.25, 0.3) is 5.57 Å². The van der Waals surface area contributed by atoms with Crippen molar-refractivity contribution in [1.82, 2.24) is 0 Å². The van der Waals surface area contributed by atoms with Crippen LogP contribution in [0.15, 0.2) is 23.5 Å². The first-order valence-electron chi connectivity index (χ1n) is 5.92.